The molecule has 0 spiro atoms. The first-order valence-electron chi connectivity index (χ1n) is 16.5. The van der Waals surface area contributed by atoms with Gasteiger partial charge in [0.1, 0.15) is 5.75 Å². The van der Waals surface area contributed by atoms with Crippen LogP contribution in [0.2, 0.25) is 0 Å². The molecule has 3 saturated heterocycles. The number of hydrogen-bond acceptors (Lipinski definition) is 5. The molecule has 0 N–H and O–H groups in total. The SMILES string of the molecule is O=C(Oc1ccccc1)c1ccc(N2CC(CN3CCC(C(CN4CCCC4)(c4ccccc4)C4C=CC4)CC3)C2)cc1. The summed E-state index contributed by atoms with van der Waals surface area (Å²) in [5.74, 6) is 2.36. The van der Waals surface area contributed by atoms with Crippen LogP contribution in [0, 0.1) is 17.8 Å². The molecule has 0 bridgehead atoms. The summed E-state index contributed by atoms with van der Waals surface area (Å²) in [7, 11) is 0. The normalized spacial score (nSPS) is 23.0. The van der Waals surface area contributed by atoms with E-state index in [1.165, 1.54) is 77.1 Å². The zero-order valence-electron chi connectivity index (χ0n) is 25.3. The second-order valence-electron chi connectivity index (χ2n) is 13.3. The van der Waals surface area contributed by atoms with Gasteiger partial charge in [0.05, 0.1) is 5.56 Å². The highest BCUT2D eigenvalue weighted by atomic mass is 16.5. The van der Waals surface area contributed by atoms with Crippen molar-refractivity contribution in [2.45, 2.75) is 37.5 Å². The highest BCUT2D eigenvalue weighted by Gasteiger charge is 2.49. The molecule has 3 aromatic carbocycles. The van der Waals surface area contributed by atoms with Crippen LogP contribution in [0.15, 0.2) is 97.1 Å². The standard InChI is InChI=1S/C38H45N3O2/c42-37(43-36-14-5-2-6-15-36)31-16-18-35(19-17-31)41-27-30(28-41)26-39-24-20-34(21-25-39)38(33-12-9-13-33,29-40-22-7-8-23-40)32-10-3-1-4-11-32/h1-6,9-12,14-19,30,33-34H,7-8,13,20-29H2. The number of hydrogen-bond donors (Lipinski definition) is 0. The fraction of sp³-hybridized carbons (Fsp3) is 0.447. The van der Waals surface area contributed by atoms with E-state index in [1.807, 2.05) is 30.3 Å². The van der Waals surface area contributed by atoms with Gasteiger partial charge in [0, 0.05) is 43.2 Å². The highest BCUT2D eigenvalue weighted by Crippen LogP contribution is 2.50. The van der Waals surface area contributed by atoms with Crippen LogP contribution in [-0.4, -0.2) is 68.1 Å². The maximum absolute atomic E-state index is 12.5. The van der Waals surface area contributed by atoms with Gasteiger partial charge in [-0.2, -0.15) is 0 Å². The summed E-state index contributed by atoms with van der Waals surface area (Å²) in [6.07, 6.45) is 11.5. The van der Waals surface area contributed by atoms with Crippen LogP contribution in [-0.2, 0) is 5.41 Å². The number of nitrogens with zero attached hydrogens (tertiary/aromatic N) is 3. The molecule has 224 valence electrons. The lowest BCUT2D eigenvalue weighted by Gasteiger charge is -2.53. The van der Waals surface area contributed by atoms with Crippen LogP contribution in [0.3, 0.4) is 0 Å². The summed E-state index contributed by atoms with van der Waals surface area (Å²) in [5, 5.41) is 0. The Morgan fingerprint density at radius 1 is 0.791 bits per heavy atom. The number of ether oxygens (including phenoxy) is 1. The van der Waals surface area contributed by atoms with Gasteiger partial charge in [-0.25, -0.2) is 4.79 Å². The van der Waals surface area contributed by atoms with E-state index < -0.39 is 0 Å². The minimum Gasteiger partial charge on any atom is -0.423 e. The van der Waals surface area contributed by atoms with Crippen molar-refractivity contribution in [3.8, 4) is 5.75 Å². The molecule has 7 rings (SSSR count). The first-order chi connectivity index (χ1) is 21.2. The Morgan fingerprint density at radius 2 is 1.44 bits per heavy atom. The average molecular weight is 576 g/mol. The van der Waals surface area contributed by atoms with Gasteiger partial charge in [0.15, 0.2) is 0 Å². The second kappa shape index (κ2) is 12.7. The molecular weight excluding hydrogens is 530 g/mol. The lowest BCUT2D eigenvalue weighted by molar-refractivity contribution is 0.0605. The molecule has 5 heteroatoms. The summed E-state index contributed by atoms with van der Waals surface area (Å²) in [6.45, 7) is 9.54. The molecule has 0 aromatic heterocycles. The number of para-hydroxylation sites is 1. The third kappa shape index (κ3) is 6.03. The number of esters is 1. The van der Waals surface area contributed by atoms with E-state index in [0.29, 0.717) is 23.1 Å². The zero-order valence-corrected chi connectivity index (χ0v) is 25.3. The van der Waals surface area contributed by atoms with E-state index in [9.17, 15) is 4.79 Å². The Kier molecular flexibility index (Phi) is 8.36. The first kappa shape index (κ1) is 28.4. The molecule has 0 radical (unpaired) electrons. The molecule has 0 saturated carbocycles. The van der Waals surface area contributed by atoms with Crippen molar-refractivity contribution in [3.05, 3.63) is 108 Å². The summed E-state index contributed by atoms with van der Waals surface area (Å²) >= 11 is 0. The van der Waals surface area contributed by atoms with Crippen LogP contribution >= 0.6 is 0 Å². The molecule has 0 amide bonds. The number of carbonyl (C=O) groups is 1. The Bertz CT molecular complexity index is 1370. The predicted molar refractivity (Wildman–Crippen MR) is 174 cm³/mol. The lowest BCUT2D eigenvalue weighted by Crippen LogP contribution is -2.56. The number of allylic oxidation sites excluding steroid dienone is 2. The molecule has 3 fully saturated rings. The fourth-order valence-corrected chi connectivity index (χ4v) is 8.16. The van der Waals surface area contributed by atoms with Gasteiger partial charge < -0.3 is 19.4 Å². The summed E-state index contributed by atoms with van der Waals surface area (Å²) < 4.78 is 5.49. The van der Waals surface area contributed by atoms with Crippen LogP contribution in [0.5, 0.6) is 5.75 Å². The van der Waals surface area contributed by atoms with E-state index in [2.05, 4.69) is 69.3 Å². The zero-order chi connectivity index (χ0) is 29.1. The van der Waals surface area contributed by atoms with Crippen molar-refractivity contribution in [1.82, 2.24) is 9.80 Å². The topological polar surface area (TPSA) is 36.0 Å². The molecule has 43 heavy (non-hydrogen) atoms. The van der Waals surface area contributed by atoms with E-state index >= 15 is 0 Å². The average Bonchev–Trinajstić information content (AvgIpc) is 3.52. The van der Waals surface area contributed by atoms with E-state index in [4.69, 9.17) is 4.74 Å². The monoisotopic (exact) mass is 575 g/mol. The van der Waals surface area contributed by atoms with Crippen LogP contribution < -0.4 is 9.64 Å². The quantitative estimate of drug-likeness (QED) is 0.153. The molecular formula is C38H45N3O2. The van der Waals surface area contributed by atoms with Crippen molar-refractivity contribution >= 4 is 11.7 Å². The maximum atomic E-state index is 12.5. The molecule has 4 aliphatic rings. The Balaban J connectivity index is 0.934. The number of benzene rings is 3. The molecule has 5 nitrogen and oxygen atoms in total. The first-order valence-corrected chi connectivity index (χ1v) is 16.5. The molecule has 2 unspecified atom stereocenters. The van der Waals surface area contributed by atoms with Crippen molar-refractivity contribution in [3.63, 3.8) is 0 Å². The largest absolute Gasteiger partial charge is 0.423 e. The number of carbonyl (C=O) groups excluding carboxylic acids is 1. The third-order valence-corrected chi connectivity index (χ3v) is 10.6. The molecule has 3 aromatic rings. The van der Waals surface area contributed by atoms with Gasteiger partial charge >= 0.3 is 5.97 Å². The van der Waals surface area contributed by atoms with Crippen molar-refractivity contribution < 1.29 is 9.53 Å². The number of rotatable bonds is 10. The Labute approximate surface area is 257 Å². The van der Waals surface area contributed by atoms with Crippen LogP contribution in [0.4, 0.5) is 5.69 Å². The maximum Gasteiger partial charge on any atom is 0.343 e. The van der Waals surface area contributed by atoms with Gasteiger partial charge in [-0.3, -0.25) is 0 Å². The van der Waals surface area contributed by atoms with Crippen molar-refractivity contribution in [1.29, 1.82) is 0 Å². The van der Waals surface area contributed by atoms with Gasteiger partial charge in [-0.15, -0.1) is 0 Å². The van der Waals surface area contributed by atoms with Crippen LogP contribution in [0.1, 0.15) is 48.0 Å². The fourth-order valence-electron chi connectivity index (χ4n) is 8.16. The Morgan fingerprint density at radius 3 is 2.07 bits per heavy atom. The smallest absolute Gasteiger partial charge is 0.343 e. The minimum atomic E-state index is -0.312. The summed E-state index contributed by atoms with van der Waals surface area (Å²) in [5.41, 5.74) is 3.58. The van der Waals surface area contributed by atoms with Crippen LogP contribution in [0.25, 0.3) is 0 Å². The number of anilines is 1. The van der Waals surface area contributed by atoms with Crippen molar-refractivity contribution in [2.75, 3.05) is 57.3 Å². The molecule has 1 aliphatic carbocycles. The summed E-state index contributed by atoms with van der Waals surface area (Å²) in [4.78, 5) is 20.5. The molecule has 3 heterocycles. The van der Waals surface area contributed by atoms with Gasteiger partial charge in [-0.05, 0) is 112 Å². The number of piperidine rings is 1. The second-order valence-corrected chi connectivity index (χ2v) is 13.3. The number of likely N-dealkylation sites (tertiary alicyclic amines) is 2. The minimum absolute atomic E-state index is 0.236. The van der Waals surface area contributed by atoms with E-state index in [1.54, 1.807) is 17.7 Å². The molecule has 3 aliphatic heterocycles. The summed E-state index contributed by atoms with van der Waals surface area (Å²) in [6, 6.07) is 28.7. The van der Waals surface area contributed by atoms with E-state index in [-0.39, 0.29) is 11.4 Å². The third-order valence-electron chi connectivity index (χ3n) is 10.6. The van der Waals surface area contributed by atoms with Crippen molar-refractivity contribution in [2.24, 2.45) is 17.8 Å². The lowest BCUT2D eigenvalue weighted by atomic mass is 9.56. The predicted octanol–water partition coefficient (Wildman–Crippen LogP) is 6.66. The van der Waals surface area contributed by atoms with Gasteiger partial charge in [0.25, 0.3) is 0 Å². The van der Waals surface area contributed by atoms with Gasteiger partial charge in [0.2, 0.25) is 0 Å². The van der Waals surface area contributed by atoms with E-state index in [0.717, 1.165) is 19.0 Å². The Hall–Kier alpha value is -3.41. The highest BCUT2D eigenvalue weighted by molar-refractivity contribution is 5.91. The molecule has 2 atom stereocenters. The van der Waals surface area contributed by atoms with Gasteiger partial charge in [-0.1, -0.05) is 60.7 Å².